The van der Waals surface area contributed by atoms with E-state index in [-0.39, 0.29) is 29.9 Å². The van der Waals surface area contributed by atoms with E-state index in [0.717, 1.165) is 12.8 Å². The van der Waals surface area contributed by atoms with Crippen LogP contribution >= 0.6 is 0 Å². The highest BCUT2D eigenvalue weighted by Gasteiger charge is 2.46. The van der Waals surface area contributed by atoms with Crippen molar-refractivity contribution in [3.05, 3.63) is 0 Å². The van der Waals surface area contributed by atoms with Crippen molar-refractivity contribution in [1.82, 2.24) is 10.2 Å². The van der Waals surface area contributed by atoms with Crippen LogP contribution in [0.15, 0.2) is 0 Å². The molecule has 0 aromatic heterocycles. The minimum absolute atomic E-state index is 0.00556. The summed E-state index contributed by atoms with van der Waals surface area (Å²) in [6.45, 7) is 8.02. The molecule has 1 aliphatic carbocycles. The van der Waals surface area contributed by atoms with E-state index in [1.54, 1.807) is 4.90 Å². The lowest BCUT2D eigenvalue weighted by Crippen LogP contribution is -2.65. The molecule has 17 heavy (non-hydrogen) atoms. The van der Waals surface area contributed by atoms with Gasteiger partial charge in [0.05, 0.1) is 0 Å². The second-order valence-electron chi connectivity index (χ2n) is 5.73. The Hall–Kier alpha value is -1.06. The van der Waals surface area contributed by atoms with Crippen molar-refractivity contribution in [2.75, 3.05) is 0 Å². The van der Waals surface area contributed by atoms with Crippen molar-refractivity contribution in [3.8, 4) is 0 Å². The van der Waals surface area contributed by atoms with Crippen LogP contribution in [0.4, 0.5) is 0 Å². The molecule has 0 bridgehead atoms. The van der Waals surface area contributed by atoms with Crippen molar-refractivity contribution in [1.29, 1.82) is 0 Å². The molecule has 0 aromatic carbocycles. The maximum atomic E-state index is 12.4. The summed E-state index contributed by atoms with van der Waals surface area (Å²) >= 11 is 0. The molecule has 1 saturated heterocycles. The van der Waals surface area contributed by atoms with Crippen LogP contribution in [0.3, 0.4) is 0 Å². The zero-order valence-electron chi connectivity index (χ0n) is 11.1. The van der Waals surface area contributed by atoms with Gasteiger partial charge in [0.15, 0.2) is 0 Å². The third kappa shape index (κ3) is 2.17. The largest absolute Gasteiger partial charge is 0.342 e. The molecular formula is C13H22N2O2. The normalized spacial score (nSPS) is 31.7. The smallest absolute Gasteiger partial charge is 0.246 e. The van der Waals surface area contributed by atoms with Gasteiger partial charge in [0, 0.05) is 6.04 Å². The SMILES string of the molecule is CC(C)C(C)N1C(=O)C(C2CC2)NC(=O)C1C. The minimum atomic E-state index is -0.338. The molecule has 1 saturated carbocycles. The van der Waals surface area contributed by atoms with E-state index < -0.39 is 0 Å². The summed E-state index contributed by atoms with van der Waals surface area (Å²) in [6, 6.07) is -0.486. The van der Waals surface area contributed by atoms with Gasteiger partial charge in [-0.15, -0.1) is 0 Å². The summed E-state index contributed by atoms with van der Waals surface area (Å²) in [4.78, 5) is 26.1. The molecule has 0 aromatic rings. The van der Waals surface area contributed by atoms with E-state index in [9.17, 15) is 9.59 Å². The van der Waals surface area contributed by atoms with Gasteiger partial charge in [-0.1, -0.05) is 13.8 Å². The second kappa shape index (κ2) is 4.31. The minimum Gasteiger partial charge on any atom is -0.342 e. The number of amides is 2. The van der Waals surface area contributed by atoms with Gasteiger partial charge < -0.3 is 10.2 Å². The van der Waals surface area contributed by atoms with Crippen LogP contribution in [0.2, 0.25) is 0 Å². The lowest BCUT2D eigenvalue weighted by Gasteiger charge is -2.42. The van der Waals surface area contributed by atoms with E-state index in [1.165, 1.54) is 0 Å². The number of hydrogen-bond donors (Lipinski definition) is 1. The first-order valence-electron chi connectivity index (χ1n) is 6.56. The predicted molar refractivity (Wildman–Crippen MR) is 65.3 cm³/mol. The van der Waals surface area contributed by atoms with Crippen molar-refractivity contribution < 1.29 is 9.59 Å². The van der Waals surface area contributed by atoms with Gasteiger partial charge in [-0.2, -0.15) is 0 Å². The molecule has 1 N–H and O–H groups in total. The number of hydrogen-bond acceptors (Lipinski definition) is 2. The Morgan fingerprint density at radius 3 is 2.29 bits per heavy atom. The average molecular weight is 238 g/mol. The highest BCUT2D eigenvalue weighted by atomic mass is 16.2. The second-order valence-corrected chi connectivity index (χ2v) is 5.73. The number of carbonyl (C=O) groups excluding carboxylic acids is 2. The summed E-state index contributed by atoms with van der Waals surface area (Å²) in [7, 11) is 0. The Labute approximate surface area is 103 Å². The van der Waals surface area contributed by atoms with Crippen LogP contribution in [0, 0.1) is 11.8 Å². The molecule has 0 radical (unpaired) electrons. The number of piperazine rings is 1. The molecular weight excluding hydrogens is 216 g/mol. The first kappa shape index (κ1) is 12.4. The lowest BCUT2D eigenvalue weighted by atomic mass is 9.97. The van der Waals surface area contributed by atoms with E-state index in [2.05, 4.69) is 19.2 Å². The number of rotatable bonds is 3. The molecule has 2 rings (SSSR count). The third-order valence-corrected chi connectivity index (χ3v) is 4.11. The summed E-state index contributed by atoms with van der Waals surface area (Å²) in [5.41, 5.74) is 0. The molecule has 4 heteroatoms. The molecule has 3 unspecified atom stereocenters. The molecule has 2 aliphatic rings. The van der Waals surface area contributed by atoms with E-state index in [1.807, 2.05) is 13.8 Å². The van der Waals surface area contributed by atoms with Crippen LogP contribution in [-0.4, -0.2) is 34.8 Å². The maximum absolute atomic E-state index is 12.4. The van der Waals surface area contributed by atoms with Crippen LogP contribution in [0.5, 0.6) is 0 Å². The highest BCUT2D eigenvalue weighted by Crippen LogP contribution is 2.35. The highest BCUT2D eigenvalue weighted by molar-refractivity contribution is 5.97. The van der Waals surface area contributed by atoms with Gasteiger partial charge >= 0.3 is 0 Å². The molecule has 96 valence electrons. The quantitative estimate of drug-likeness (QED) is 0.802. The Morgan fingerprint density at radius 1 is 1.24 bits per heavy atom. The Balaban J connectivity index is 2.20. The lowest BCUT2D eigenvalue weighted by molar-refractivity contribution is -0.152. The predicted octanol–water partition coefficient (Wildman–Crippen LogP) is 1.16. The van der Waals surface area contributed by atoms with Crippen LogP contribution in [0.1, 0.15) is 40.5 Å². The Morgan fingerprint density at radius 2 is 1.82 bits per heavy atom. The standard InChI is InChI=1S/C13H22N2O2/c1-7(2)8(3)15-9(4)12(16)14-11(13(15)17)10-5-6-10/h7-11H,5-6H2,1-4H3,(H,14,16). The average Bonchev–Trinajstić information content (AvgIpc) is 3.07. The molecule has 2 fully saturated rings. The molecule has 0 spiro atoms. The zero-order chi connectivity index (χ0) is 12.7. The molecule has 3 atom stereocenters. The van der Waals surface area contributed by atoms with E-state index in [0.29, 0.717) is 11.8 Å². The summed E-state index contributed by atoms with van der Waals surface area (Å²) in [5, 5.41) is 2.87. The van der Waals surface area contributed by atoms with Crippen LogP contribution in [-0.2, 0) is 9.59 Å². The number of carbonyl (C=O) groups is 2. The fourth-order valence-corrected chi connectivity index (χ4v) is 2.44. The summed E-state index contributed by atoms with van der Waals surface area (Å²) in [5.74, 6) is 0.850. The number of nitrogens with one attached hydrogen (secondary N) is 1. The first-order chi connectivity index (χ1) is 7.93. The molecule has 1 aliphatic heterocycles. The maximum Gasteiger partial charge on any atom is 0.246 e. The molecule has 2 amide bonds. The Kier molecular flexibility index (Phi) is 3.15. The summed E-state index contributed by atoms with van der Waals surface area (Å²) < 4.78 is 0. The van der Waals surface area contributed by atoms with E-state index >= 15 is 0 Å². The molecule has 1 heterocycles. The van der Waals surface area contributed by atoms with Gasteiger partial charge in [-0.25, -0.2) is 0 Å². The van der Waals surface area contributed by atoms with E-state index in [4.69, 9.17) is 0 Å². The van der Waals surface area contributed by atoms with Crippen molar-refractivity contribution in [3.63, 3.8) is 0 Å². The molecule has 4 nitrogen and oxygen atoms in total. The van der Waals surface area contributed by atoms with Gasteiger partial charge in [0.1, 0.15) is 12.1 Å². The number of nitrogens with zero attached hydrogens (tertiary/aromatic N) is 1. The fraction of sp³-hybridized carbons (Fsp3) is 0.846. The van der Waals surface area contributed by atoms with Gasteiger partial charge in [0.2, 0.25) is 11.8 Å². The van der Waals surface area contributed by atoms with Gasteiger partial charge in [0.25, 0.3) is 0 Å². The third-order valence-electron chi connectivity index (χ3n) is 4.11. The first-order valence-corrected chi connectivity index (χ1v) is 6.56. The van der Waals surface area contributed by atoms with Crippen LogP contribution in [0.25, 0.3) is 0 Å². The monoisotopic (exact) mass is 238 g/mol. The van der Waals surface area contributed by atoms with Gasteiger partial charge in [-0.3, -0.25) is 9.59 Å². The Bertz CT molecular complexity index is 336. The fourth-order valence-electron chi connectivity index (χ4n) is 2.44. The van der Waals surface area contributed by atoms with Crippen molar-refractivity contribution in [2.24, 2.45) is 11.8 Å². The summed E-state index contributed by atoms with van der Waals surface area (Å²) in [6.07, 6.45) is 2.13. The zero-order valence-corrected chi connectivity index (χ0v) is 11.1. The van der Waals surface area contributed by atoms with Crippen LogP contribution < -0.4 is 5.32 Å². The van der Waals surface area contributed by atoms with Crippen molar-refractivity contribution >= 4 is 11.8 Å². The van der Waals surface area contributed by atoms with Gasteiger partial charge in [-0.05, 0) is 38.5 Å². The van der Waals surface area contributed by atoms with Crippen molar-refractivity contribution in [2.45, 2.75) is 58.7 Å². The topological polar surface area (TPSA) is 49.4 Å².